The van der Waals surface area contributed by atoms with Crippen LogP contribution < -0.4 is 0 Å². The van der Waals surface area contributed by atoms with E-state index >= 15 is 0 Å². The Morgan fingerprint density at radius 2 is 1.37 bits per heavy atom. The van der Waals surface area contributed by atoms with Crippen LogP contribution in [0.5, 0.6) is 0 Å². The highest BCUT2D eigenvalue weighted by atomic mass is 16.5. The van der Waals surface area contributed by atoms with Crippen molar-refractivity contribution in [2.75, 3.05) is 0 Å². The van der Waals surface area contributed by atoms with Crippen LogP contribution >= 0.6 is 0 Å². The van der Waals surface area contributed by atoms with Crippen LogP contribution in [0.2, 0.25) is 0 Å². The highest BCUT2D eigenvalue weighted by Gasteiger charge is 2.03. The van der Waals surface area contributed by atoms with Crippen molar-refractivity contribution >= 4 is 11.9 Å². The van der Waals surface area contributed by atoms with Crippen LogP contribution in [0.3, 0.4) is 0 Å². The molecule has 3 aromatic rings. The highest BCUT2D eigenvalue weighted by Crippen LogP contribution is 2.11. The van der Waals surface area contributed by atoms with Crippen LogP contribution in [-0.4, -0.2) is 11.9 Å². The molecule has 0 N–H and O–H groups in total. The highest BCUT2D eigenvalue weighted by molar-refractivity contribution is 5.81. The first-order valence-electron chi connectivity index (χ1n) is 10.9. The van der Waals surface area contributed by atoms with E-state index in [9.17, 15) is 9.59 Å². The Morgan fingerprint density at radius 1 is 0.800 bits per heavy atom. The van der Waals surface area contributed by atoms with Crippen LogP contribution in [0.1, 0.15) is 38.9 Å². The first kappa shape index (κ1) is 24.8. The largest absolute Gasteiger partial charge is 0.458 e. The summed E-state index contributed by atoms with van der Waals surface area (Å²) in [7, 11) is 0. The molecule has 0 amide bonds. The van der Waals surface area contributed by atoms with E-state index in [2.05, 4.69) is 36.8 Å². The van der Waals surface area contributed by atoms with Crippen molar-refractivity contribution in [1.82, 2.24) is 0 Å². The summed E-state index contributed by atoms with van der Waals surface area (Å²) in [6, 6.07) is 20.9. The number of benzene rings is 3. The molecule has 0 spiro atoms. The smallest absolute Gasteiger partial charge is 0.330 e. The van der Waals surface area contributed by atoms with Gasteiger partial charge in [0.1, 0.15) is 6.61 Å². The second-order valence-electron chi connectivity index (χ2n) is 7.57. The lowest BCUT2D eigenvalue weighted by Crippen LogP contribution is -2.03. The third kappa shape index (κ3) is 7.93. The van der Waals surface area contributed by atoms with Gasteiger partial charge in [0.05, 0.1) is 12.7 Å². The molecule has 35 heavy (non-hydrogen) atoms. The van der Waals surface area contributed by atoms with E-state index < -0.39 is 5.97 Å². The molecule has 0 aliphatic rings. The predicted molar refractivity (Wildman–Crippen MR) is 136 cm³/mol. The van der Waals surface area contributed by atoms with E-state index in [0.717, 1.165) is 51.3 Å². The molecular weight excluding hydrogens is 436 g/mol. The Kier molecular flexibility index (Phi) is 8.83. The van der Waals surface area contributed by atoms with Crippen molar-refractivity contribution in [2.45, 2.75) is 20.0 Å². The van der Waals surface area contributed by atoms with Gasteiger partial charge >= 0.3 is 11.9 Å². The molecule has 3 aromatic carbocycles. The quantitative estimate of drug-likeness (QED) is 0.218. The molecule has 172 valence electrons. The minimum Gasteiger partial charge on any atom is -0.458 e. The maximum absolute atomic E-state index is 11.5. The van der Waals surface area contributed by atoms with Gasteiger partial charge in [-0.25, -0.2) is 4.79 Å². The van der Waals surface area contributed by atoms with Gasteiger partial charge in [0.15, 0.2) is 0 Å². The second-order valence-corrected chi connectivity index (χ2v) is 7.57. The molecule has 0 bridgehead atoms. The first-order chi connectivity index (χ1) is 17.0. The minimum absolute atomic E-state index is 0.191. The number of aryl methyl sites for hydroxylation is 1. The van der Waals surface area contributed by atoms with Crippen LogP contribution in [-0.2, 0) is 32.1 Å². The second kappa shape index (κ2) is 12.4. The van der Waals surface area contributed by atoms with Gasteiger partial charge in [-0.1, -0.05) is 61.1 Å². The fourth-order valence-electron chi connectivity index (χ4n) is 3.07. The molecule has 0 aliphatic carbocycles. The van der Waals surface area contributed by atoms with Gasteiger partial charge in [-0.15, -0.1) is 0 Å². The standard InChI is InChI=1S/C31H24O4/c1-4-30(32)35-22-28-14-9-25(10-15-28)16-18-29-19-17-26(20-23(29)3)11-6-24-7-12-27(13-8-24)21-31(33)34-5-2/h4-5,7-10,12-15,17,19-20H,1-2,21-22H2,3H3. The fourth-order valence-corrected chi connectivity index (χ4v) is 3.07. The van der Waals surface area contributed by atoms with Crippen molar-refractivity contribution in [3.8, 4) is 23.7 Å². The van der Waals surface area contributed by atoms with Crippen molar-refractivity contribution < 1.29 is 19.1 Å². The lowest BCUT2D eigenvalue weighted by atomic mass is 10.0. The van der Waals surface area contributed by atoms with Gasteiger partial charge in [-0.2, -0.15) is 0 Å². The van der Waals surface area contributed by atoms with Gasteiger partial charge in [0, 0.05) is 28.3 Å². The monoisotopic (exact) mass is 460 g/mol. The van der Waals surface area contributed by atoms with Gasteiger partial charge in [-0.05, 0) is 66.1 Å². The summed E-state index contributed by atoms with van der Waals surface area (Å²) in [6.07, 6.45) is 2.46. The molecule has 0 aliphatic heterocycles. The summed E-state index contributed by atoms with van der Waals surface area (Å²) in [5.74, 6) is 11.9. The maximum atomic E-state index is 11.5. The summed E-state index contributed by atoms with van der Waals surface area (Å²) < 4.78 is 9.76. The van der Waals surface area contributed by atoms with Crippen LogP contribution in [0.15, 0.2) is 92.2 Å². The van der Waals surface area contributed by atoms with E-state index in [1.165, 1.54) is 0 Å². The zero-order valence-electron chi connectivity index (χ0n) is 19.5. The molecule has 3 rings (SSSR count). The van der Waals surface area contributed by atoms with E-state index in [4.69, 9.17) is 9.47 Å². The normalized spacial score (nSPS) is 9.51. The van der Waals surface area contributed by atoms with Gasteiger partial charge < -0.3 is 9.47 Å². The Bertz CT molecular complexity index is 1360. The summed E-state index contributed by atoms with van der Waals surface area (Å²) in [5, 5.41) is 0. The average molecular weight is 461 g/mol. The Hall–Kier alpha value is -4.80. The van der Waals surface area contributed by atoms with E-state index in [1.807, 2.05) is 73.7 Å². The molecule has 0 radical (unpaired) electrons. The van der Waals surface area contributed by atoms with E-state index in [1.54, 1.807) is 0 Å². The van der Waals surface area contributed by atoms with Gasteiger partial charge in [-0.3, -0.25) is 4.79 Å². The van der Waals surface area contributed by atoms with E-state index in [0.29, 0.717) is 0 Å². The lowest BCUT2D eigenvalue weighted by Gasteiger charge is -2.02. The number of hydrogen-bond donors (Lipinski definition) is 0. The molecule has 0 unspecified atom stereocenters. The molecule has 4 nitrogen and oxygen atoms in total. The number of carbonyl (C=O) groups excluding carboxylic acids is 2. The van der Waals surface area contributed by atoms with Gasteiger partial charge in [0.25, 0.3) is 0 Å². The molecular formula is C31H24O4. The molecule has 0 fully saturated rings. The summed E-state index contributed by atoms with van der Waals surface area (Å²) >= 11 is 0. The average Bonchev–Trinajstić information content (AvgIpc) is 2.87. The van der Waals surface area contributed by atoms with Crippen molar-refractivity contribution in [3.63, 3.8) is 0 Å². The molecule has 0 saturated carbocycles. The zero-order chi connectivity index (χ0) is 25.0. The minimum atomic E-state index is -0.446. The molecule has 0 heterocycles. The molecule has 0 saturated heterocycles. The molecule has 0 atom stereocenters. The third-order valence-electron chi connectivity index (χ3n) is 4.94. The third-order valence-corrected chi connectivity index (χ3v) is 4.94. The number of carbonyl (C=O) groups is 2. The van der Waals surface area contributed by atoms with Crippen molar-refractivity contribution in [1.29, 1.82) is 0 Å². The topological polar surface area (TPSA) is 52.6 Å². The Balaban J connectivity index is 1.63. The maximum Gasteiger partial charge on any atom is 0.330 e. The number of esters is 2. The Morgan fingerprint density at radius 3 is 1.97 bits per heavy atom. The lowest BCUT2D eigenvalue weighted by molar-refractivity contribution is -0.139. The first-order valence-corrected chi connectivity index (χ1v) is 10.9. The predicted octanol–water partition coefficient (Wildman–Crippen LogP) is 5.25. The zero-order valence-corrected chi connectivity index (χ0v) is 19.5. The van der Waals surface area contributed by atoms with Crippen LogP contribution in [0, 0.1) is 30.6 Å². The number of rotatable bonds is 6. The van der Waals surface area contributed by atoms with Crippen LogP contribution in [0.4, 0.5) is 0 Å². The fraction of sp³-hybridized carbons (Fsp3) is 0.0968. The summed E-state index contributed by atoms with van der Waals surface area (Å²) in [6.45, 7) is 8.96. The SMILES string of the molecule is C=COC(=O)Cc1ccc(C#Cc2ccc(C#Cc3ccc(COC(=O)C=C)cc3)c(C)c2)cc1. The number of ether oxygens (including phenoxy) is 2. The van der Waals surface area contributed by atoms with Gasteiger partial charge in [0.2, 0.25) is 0 Å². The molecule has 0 aromatic heterocycles. The Labute approximate surface area is 205 Å². The van der Waals surface area contributed by atoms with Crippen molar-refractivity contribution in [3.05, 3.63) is 131 Å². The van der Waals surface area contributed by atoms with Crippen molar-refractivity contribution in [2.24, 2.45) is 0 Å². The van der Waals surface area contributed by atoms with Crippen LogP contribution in [0.25, 0.3) is 0 Å². The summed E-state index contributed by atoms with van der Waals surface area (Å²) in [4.78, 5) is 22.7. The summed E-state index contributed by atoms with van der Waals surface area (Å²) in [5.41, 5.74) is 6.32. The molecule has 4 heteroatoms. The van der Waals surface area contributed by atoms with E-state index in [-0.39, 0.29) is 19.0 Å². The number of hydrogen-bond acceptors (Lipinski definition) is 4.